The van der Waals surface area contributed by atoms with E-state index in [1.54, 1.807) is 24.3 Å². The second-order valence-corrected chi connectivity index (χ2v) is 3.85. The smallest absolute Gasteiger partial charge is 0.307 e. The molecule has 0 saturated heterocycles. The van der Waals surface area contributed by atoms with Crippen molar-refractivity contribution in [1.29, 1.82) is 0 Å². The van der Waals surface area contributed by atoms with Crippen LogP contribution in [0.5, 0.6) is 5.75 Å². The fraction of sp³-hybridized carbons (Fsp3) is 0.308. The molecule has 0 aliphatic rings. The Kier molecular flexibility index (Phi) is 9.52. The summed E-state index contributed by atoms with van der Waals surface area (Å²) in [6.07, 6.45) is 1.57. The lowest BCUT2D eigenvalue weighted by molar-refractivity contribution is -0.136. The second kappa shape index (κ2) is 10.4. The van der Waals surface area contributed by atoms with Crippen LogP contribution in [-0.2, 0) is 11.2 Å². The predicted molar refractivity (Wildman–Crippen MR) is 74.6 cm³/mol. The van der Waals surface area contributed by atoms with Crippen molar-refractivity contribution in [3.63, 3.8) is 0 Å². The van der Waals surface area contributed by atoms with Crippen LogP contribution in [0.2, 0.25) is 5.02 Å². The molecule has 0 aliphatic carbocycles. The van der Waals surface area contributed by atoms with E-state index in [-0.39, 0.29) is 13.0 Å². The maximum Gasteiger partial charge on any atom is 0.307 e. The second-order valence-electron chi connectivity index (χ2n) is 3.45. The van der Waals surface area contributed by atoms with Gasteiger partial charge < -0.3 is 20.7 Å². The van der Waals surface area contributed by atoms with E-state index in [0.29, 0.717) is 29.5 Å². The Morgan fingerprint density at radius 3 is 2.58 bits per heavy atom. The van der Waals surface area contributed by atoms with E-state index < -0.39 is 5.97 Å². The van der Waals surface area contributed by atoms with Gasteiger partial charge >= 0.3 is 5.97 Å². The maximum atomic E-state index is 10.4. The van der Waals surface area contributed by atoms with E-state index in [0.717, 1.165) is 0 Å². The molecule has 4 N–H and O–H groups in total. The van der Waals surface area contributed by atoms with Crippen molar-refractivity contribution in [1.82, 2.24) is 0 Å². The van der Waals surface area contributed by atoms with Crippen molar-refractivity contribution in [2.45, 2.75) is 6.42 Å². The first-order valence-corrected chi connectivity index (χ1v) is 5.97. The monoisotopic (exact) mass is 287 g/mol. The summed E-state index contributed by atoms with van der Waals surface area (Å²) in [7, 11) is 0. The third-order valence-corrected chi connectivity index (χ3v) is 2.13. The molecule has 0 unspecified atom stereocenters. The van der Waals surface area contributed by atoms with Gasteiger partial charge in [-0.05, 0) is 17.7 Å². The number of nitrogens with two attached hydrogens (primary N) is 1. The lowest BCUT2D eigenvalue weighted by Gasteiger charge is -2.06. The quantitative estimate of drug-likeness (QED) is 0.689. The first-order valence-electron chi connectivity index (χ1n) is 5.60. The summed E-state index contributed by atoms with van der Waals surface area (Å²) in [4.78, 5) is 10.4. The molecule has 0 aromatic heterocycles. The van der Waals surface area contributed by atoms with E-state index in [2.05, 4.69) is 6.58 Å². The molecule has 0 heterocycles. The van der Waals surface area contributed by atoms with Gasteiger partial charge in [-0.3, -0.25) is 4.79 Å². The average molecular weight is 288 g/mol. The van der Waals surface area contributed by atoms with Gasteiger partial charge in [0, 0.05) is 6.54 Å². The molecular formula is C13H18ClNO4. The van der Waals surface area contributed by atoms with E-state index in [1.165, 1.54) is 0 Å². The molecule has 0 amide bonds. The van der Waals surface area contributed by atoms with Crippen LogP contribution >= 0.6 is 11.6 Å². The molecule has 1 rings (SSSR count). The van der Waals surface area contributed by atoms with Gasteiger partial charge in [-0.25, -0.2) is 0 Å². The minimum absolute atomic E-state index is 0.0402. The zero-order valence-corrected chi connectivity index (χ0v) is 11.3. The number of halogens is 1. The van der Waals surface area contributed by atoms with E-state index in [4.69, 9.17) is 32.3 Å². The zero-order valence-electron chi connectivity index (χ0n) is 10.5. The van der Waals surface area contributed by atoms with Gasteiger partial charge in [0.05, 0.1) is 18.1 Å². The normalized spacial score (nSPS) is 9.21. The zero-order chi connectivity index (χ0) is 14.7. The fourth-order valence-electron chi connectivity index (χ4n) is 1.09. The molecule has 0 fully saturated rings. The molecule has 0 aliphatic heterocycles. The molecule has 6 heteroatoms. The van der Waals surface area contributed by atoms with Gasteiger partial charge in [-0.2, -0.15) is 0 Å². The van der Waals surface area contributed by atoms with Crippen LogP contribution in [0.15, 0.2) is 30.9 Å². The van der Waals surface area contributed by atoms with Crippen molar-refractivity contribution < 1.29 is 19.7 Å². The van der Waals surface area contributed by atoms with Crippen molar-refractivity contribution >= 4 is 17.6 Å². The van der Waals surface area contributed by atoms with Gasteiger partial charge in [0.15, 0.2) is 0 Å². The Morgan fingerprint density at radius 2 is 2.16 bits per heavy atom. The highest BCUT2D eigenvalue weighted by atomic mass is 35.5. The van der Waals surface area contributed by atoms with Crippen LogP contribution in [0.4, 0.5) is 0 Å². The molecule has 1 aromatic carbocycles. The number of hydrogen-bond donors (Lipinski definition) is 3. The molecule has 1 aromatic rings. The molecule has 0 saturated carbocycles. The van der Waals surface area contributed by atoms with Crippen LogP contribution in [0.3, 0.4) is 0 Å². The summed E-state index contributed by atoms with van der Waals surface area (Å²) in [6, 6.07) is 4.93. The van der Waals surface area contributed by atoms with Gasteiger partial charge in [0.2, 0.25) is 0 Å². The van der Waals surface area contributed by atoms with E-state index >= 15 is 0 Å². The van der Waals surface area contributed by atoms with Crippen LogP contribution in [0.1, 0.15) is 5.56 Å². The Balaban J connectivity index is 0.000000711. The molecule has 106 valence electrons. The number of hydrogen-bond acceptors (Lipinski definition) is 4. The number of carboxylic acid groups (broad SMARTS) is 1. The number of aliphatic hydroxyl groups is 1. The number of ether oxygens (including phenoxy) is 1. The Morgan fingerprint density at radius 1 is 1.53 bits per heavy atom. The number of carbonyl (C=O) groups is 1. The number of carboxylic acids is 1. The number of benzene rings is 1. The third kappa shape index (κ3) is 8.20. The van der Waals surface area contributed by atoms with Gasteiger partial charge in [-0.1, -0.05) is 30.3 Å². The molecule has 5 nitrogen and oxygen atoms in total. The highest BCUT2D eigenvalue weighted by Crippen LogP contribution is 2.25. The van der Waals surface area contributed by atoms with E-state index in [1.807, 2.05) is 0 Å². The highest BCUT2D eigenvalue weighted by Gasteiger charge is 2.05. The molecule has 0 spiro atoms. The largest absolute Gasteiger partial charge is 0.488 e. The van der Waals surface area contributed by atoms with Crippen molar-refractivity contribution in [3.05, 3.63) is 41.4 Å². The van der Waals surface area contributed by atoms with Gasteiger partial charge in [-0.15, -0.1) is 0 Å². The topological polar surface area (TPSA) is 92.8 Å². The lowest BCUT2D eigenvalue weighted by Crippen LogP contribution is -2.02. The molecule has 0 bridgehead atoms. The third-order valence-electron chi connectivity index (χ3n) is 1.84. The minimum Gasteiger partial charge on any atom is -0.488 e. The molecule has 19 heavy (non-hydrogen) atoms. The van der Waals surface area contributed by atoms with Crippen molar-refractivity contribution in [2.24, 2.45) is 5.73 Å². The van der Waals surface area contributed by atoms with Gasteiger partial charge in [0.25, 0.3) is 0 Å². The highest BCUT2D eigenvalue weighted by molar-refractivity contribution is 6.32. The maximum absolute atomic E-state index is 10.4. The Bertz CT molecular complexity index is 408. The SMILES string of the molecule is C=CCOc1ccc(CC(=O)O)cc1Cl.NCCO. The summed E-state index contributed by atoms with van der Waals surface area (Å²) in [5.74, 6) is -0.350. The van der Waals surface area contributed by atoms with Crippen molar-refractivity contribution in [2.75, 3.05) is 19.8 Å². The summed E-state index contributed by atoms with van der Waals surface area (Å²) in [5, 5.41) is 16.7. The van der Waals surface area contributed by atoms with Gasteiger partial charge in [0.1, 0.15) is 12.4 Å². The van der Waals surface area contributed by atoms with E-state index in [9.17, 15) is 4.79 Å². The predicted octanol–water partition coefficient (Wildman–Crippen LogP) is 1.47. The van der Waals surface area contributed by atoms with Crippen LogP contribution in [-0.4, -0.2) is 35.9 Å². The van der Waals surface area contributed by atoms with Crippen LogP contribution < -0.4 is 10.5 Å². The first kappa shape index (κ1) is 17.4. The number of rotatable bonds is 6. The van der Waals surface area contributed by atoms with Crippen molar-refractivity contribution in [3.8, 4) is 5.75 Å². The Labute approximate surface area is 117 Å². The standard InChI is InChI=1S/C11H11ClO3.C2H7NO/c1-2-5-15-10-4-3-8(6-9(10)12)7-11(13)14;3-1-2-4/h2-4,6H,1,5,7H2,(H,13,14);4H,1-3H2. The summed E-state index contributed by atoms with van der Waals surface area (Å²) >= 11 is 5.90. The average Bonchev–Trinajstić information content (AvgIpc) is 2.37. The lowest BCUT2D eigenvalue weighted by atomic mass is 10.1. The first-order chi connectivity index (χ1) is 9.04. The fourth-order valence-corrected chi connectivity index (χ4v) is 1.35. The minimum atomic E-state index is -0.883. The summed E-state index contributed by atoms with van der Waals surface area (Å²) in [5.41, 5.74) is 5.43. The van der Waals surface area contributed by atoms with Crippen LogP contribution in [0.25, 0.3) is 0 Å². The summed E-state index contributed by atoms with van der Waals surface area (Å²) in [6.45, 7) is 4.36. The Hall–Kier alpha value is -1.56. The van der Waals surface area contributed by atoms with Crippen LogP contribution in [0, 0.1) is 0 Å². The molecule has 0 atom stereocenters. The molecular weight excluding hydrogens is 270 g/mol. The molecule has 0 radical (unpaired) electrons. The summed E-state index contributed by atoms with van der Waals surface area (Å²) < 4.78 is 5.25. The number of aliphatic carboxylic acids is 1. The number of aliphatic hydroxyl groups excluding tert-OH is 1.